The Morgan fingerprint density at radius 3 is 2.42 bits per heavy atom. The van der Waals surface area contributed by atoms with Crippen LogP contribution in [0.25, 0.3) is 10.2 Å². The number of aromatic nitrogens is 1. The second kappa shape index (κ2) is 9.38. The number of amides is 1. The molecule has 2 heterocycles. The second-order valence-corrected chi connectivity index (χ2v) is 10.9. The fourth-order valence-corrected chi connectivity index (χ4v) is 6.74. The molecule has 1 fully saturated rings. The van der Waals surface area contributed by atoms with Crippen molar-refractivity contribution in [2.75, 3.05) is 20.2 Å². The van der Waals surface area contributed by atoms with Crippen molar-refractivity contribution in [3.63, 3.8) is 0 Å². The Bertz CT molecular complexity index is 1330. The molecule has 8 nitrogen and oxygen atoms in total. The molecule has 0 spiro atoms. The summed E-state index contributed by atoms with van der Waals surface area (Å²) in [6.45, 7) is 6.92. The number of nitrogens with zero attached hydrogens (tertiary/aromatic N) is 3. The highest BCUT2D eigenvalue weighted by atomic mass is 32.2. The van der Waals surface area contributed by atoms with E-state index in [1.807, 2.05) is 43.5 Å². The van der Waals surface area contributed by atoms with Gasteiger partial charge in [0.15, 0.2) is 4.80 Å². The average molecular weight is 490 g/mol. The van der Waals surface area contributed by atoms with E-state index in [0.29, 0.717) is 30.0 Å². The highest BCUT2D eigenvalue weighted by molar-refractivity contribution is 7.89. The Morgan fingerprint density at radius 1 is 1.15 bits per heavy atom. The summed E-state index contributed by atoms with van der Waals surface area (Å²) in [7, 11) is -2.06. The number of sulfonamides is 1. The van der Waals surface area contributed by atoms with Crippen molar-refractivity contribution in [3.8, 4) is 5.75 Å². The normalized spacial score (nSPS) is 20.3. The van der Waals surface area contributed by atoms with Crippen LogP contribution in [-0.4, -0.2) is 55.6 Å². The number of hydrogen-bond acceptors (Lipinski definition) is 6. The fourth-order valence-electron chi connectivity index (χ4n) is 4.04. The first-order valence-electron chi connectivity index (χ1n) is 10.8. The molecule has 4 rings (SSSR count). The summed E-state index contributed by atoms with van der Waals surface area (Å²) in [6, 6.07) is 11.7. The molecule has 0 radical (unpaired) electrons. The predicted octanol–water partition coefficient (Wildman–Crippen LogP) is 3.27. The number of benzene rings is 2. The van der Waals surface area contributed by atoms with Crippen LogP contribution in [0.15, 0.2) is 52.4 Å². The van der Waals surface area contributed by atoms with Crippen LogP contribution in [0.4, 0.5) is 0 Å². The van der Waals surface area contributed by atoms with E-state index in [-0.39, 0.29) is 17.1 Å². The molecule has 2 aromatic carbocycles. The molecule has 2 atom stereocenters. The van der Waals surface area contributed by atoms with Crippen molar-refractivity contribution in [1.82, 2.24) is 8.87 Å². The standard InChI is InChI=1S/C23H27N3O5S2/c1-5-26-21-19(30-4)7-6-8-20(21)32-23(26)24-22(27)17-9-11-18(12-10-17)33(28,29)25-13-15(2)31-16(3)14-25/h6-12,15-16H,5,13-14H2,1-4H3/t15-,16-/m1/s1. The summed E-state index contributed by atoms with van der Waals surface area (Å²) in [6.07, 6.45) is -0.346. The highest BCUT2D eigenvalue weighted by Crippen LogP contribution is 2.27. The quantitative estimate of drug-likeness (QED) is 0.549. The number of carbonyl (C=O) groups excluding carboxylic acids is 1. The lowest BCUT2D eigenvalue weighted by Gasteiger charge is -2.34. The number of fused-ring (bicyclic) bond motifs is 1. The Balaban J connectivity index is 1.64. The third-order valence-corrected chi connectivity index (χ3v) is 8.41. The van der Waals surface area contributed by atoms with Gasteiger partial charge in [0, 0.05) is 25.2 Å². The molecule has 10 heteroatoms. The number of rotatable bonds is 5. The van der Waals surface area contributed by atoms with Gasteiger partial charge in [0.2, 0.25) is 10.0 Å². The third-order valence-electron chi connectivity index (χ3n) is 5.52. The molecule has 1 aliphatic rings. The van der Waals surface area contributed by atoms with Gasteiger partial charge < -0.3 is 14.0 Å². The van der Waals surface area contributed by atoms with E-state index < -0.39 is 15.9 Å². The third kappa shape index (κ3) is 4.61. The van der Waals surface area contributed by atoms with Crippen LogP contribution in [0.1, 0.15) is 31.1 Å². The van der Waals surface area contributed by atoms with Crippen LogP contribution in [0.3, 0.4) is 0 Å². The molecular weight excluding hydrogens is 462 g/mol. The predicted molar refractivity (Wildman–Crippen MR) is 127 cm³/mol. The van der Waals surface area contributed by atoms with Gasteiger partial charge in [-0.25, -0.2) is 8.42 Å². The lowest BCUT2D eigenvalue weighted by Crippen LogP contribution is -2.48. The first-order valence-corrected chi connectivity index (χ1v) is 13.0. The van der Waals surface area contributed by atoms with Crippen LogP contribution in [0.5, 0.6) is 5.75 Å². The summed E-state index contributed by atoms with van der Waals surface area (Å²) >= 11 is 1.41. The van der Waals surface area contributed by atoms with Crippen molar-refractivity contribution in [2.45, 2.75) is 44.4 Å². The van der Waals surface area contributed by atoms with Gasteiger partial charge in [0.25, 0.3) is 5.91 Å². The summed E-state index contributed by atoms with van der Waals surface area (Å²) in [5, 5.41) is 0. The Morgan fingerprint density at radius 2 is 1.82 bits per heavy atom. The zero-order valence-corrected chi connectivity index (χ0v) is 20.6. The van der Waals surface area contributed by atoms with E-state index in [1.54, 1.807) is 7.11 Å². The lowest BCUT2D eigenvalue weighted by molar-refractivity contribution is -0.0440. The van der Waals surface area contributed by atoms with Crippen LogP contribution >= 0.6 is 11.3 Å². The number of hydrogen-bond donors (Lipinski definition) is 0. The van der Waals surface area contributed by atoms with Crippen LogP contribution in [-0.2, 0) is 21.3 Å². The maximum atomic E-state index is 13.0. The lowest BCUT2D eigenvalue weighted by atomic mass is 10.2. The Labute approximate surface area is 197 Å². The number of morpholine rings is 1. The van der Waals surface area contributed by atoms with Gasteiger partial charge in [-0.3, -0.25) is 4.79 Å². The SMILES string of the molecule is CCn1c(=NC(=O)c2ccc(S(=O)(=O)N3C[C@@H](C)O[C@H](C)C3)cc2)sc2cccc(OC)c21. The van der Waals surface area contributed by atoms with Gasteiger partial charge in [-0.1, -0.05) is 17.4 Å². The van der Waals surface area contributed by atoms with Crippen molar-refractivity contribution in [1.29, 1.82) is 0 Å². The summed E-state index contributed by atoms with van der Waals surface area (Å²) < 4.78 is 41.5. The monoisotopic (exact) mass is 489 g/mol. The molecule has 3 aromatic rings. The molecule has 0 N–H and O–H groups in total. The molecule has 0 bridgehead atoms. The van der Waals surface area contributed by atoms with E-state index in [0.717, 1.165) is 16.0 Å². The maximum absolute atomic E-state index is 13.0. The smallest absolute Gasteiger partial charge is 0.279 e. The van der Waals surface area contributed by atoms with E-state index in [1.165, 1.54) is 39.9 Å². The minimum atomic E-state index is -3.67. The number of ether oxygens (including phenoxy) is 2. The maximum Gasteiger partial charge on any atom is 0.279 e. The molecule has 0 unspecified atom stereocenters. The molecule has 1 aliphatic heterocycles. The van der Waals surface area contributed by atoms with Gasteiger partial charge in [-0.15, -0.1) is 0 Å². The molecule has 0 saturated carbocycles. The fraction of sp³-hybridized carbons (Fsp3) is 0.391. The summed E-state index contributed by atoms with van der Waals surface area (Å²) in [5.74, 6) is 0.293. The minimum absolute atomic E-state index is 0.149. The highest BCUT2D eigenvalue weighted by Gasteiger charge is 2.32. The molecule has 33 heavy (non-hydrogen) atoms. The van der Waals surface area contributed by atoms with Gasteiger partial charge in [0.1, 0.15) is 11.3 Å². The van der Waals surface area contributed by atoms with Crippen LogP contribution in [0.2, 0.25) is 0 Å². The van der Waals surface area contributed by atoms with Gasteiger partial charge in [-0.05, 0) is 57.2 Å². The Kier molecular flexibility index (Phi) is 6.71. The summed E-state index contributed by atoms with van der Waals surface area (Å²) in [4.78, 5) is 17.9. The van der Waals surface area contributed by atoms with Crippen LogP contribution < -0.4 is 9.54 Å². The molecule has 1 amide bonds. The second-order valence-electron chi connectivity index (χ2n) is 7.96. The topological polar surface area (TPSA) is 90.2 Å². The van der Waals surface area contributed by atoms with Crippen molar-refractivity contribution < 1.29 is 22.7 Å². The first kappa shape index (κ1) is 23.6. The van der Waals surface area contributed by atoms with Gasteiger partial charge >= 0.3 is 0 Å². The van der Waals surface area contributed by atoms with Crippen molar-refractivity contribution in [2.24, 2.45) is 4.99 Å². The van der Waals surface area contributed by atoms with Crippen molar-refractivity contribution >= 4 is 37.5 Å². The number of aryl methyl sites for hydroxylation is 1. The van der Waals surface area contributed by atoms with E-state index in [9.17, 15) is 13.2 Å². The minimum Gasteiger partial charge on any atom is -0.495 e. The Hall–Kier alpha value is -2.53. The molecular formula is C23H27N3O5S2. The number of para-hydroxylation sites is 1. The van der Waals surface area contributed by atoms with Gasteiger partial charge in [-0.2, -0.15) is 9.30 Å². The molecule has 176 valence electrons. The van der Waals surface area contributed by atoms with E-state index >= 15 is 0 Å². The molecule has 1 saturated heterocycles. The molecule has 0 aliphatic carbocycles. The number of carbonyl (C=O) groups is 1. The number of methoxy groups -OCH3 is 1. The summed E-state index contributed by atoms with van der Waals surface area (Å²) in [5.41, 5.74) is 1.22. The van der Waals surface area contributed by atoms with Crippen molar-refractivity contribution in [3.05, 3.63) is 52.8 Å². The van der Waals surface area contributed by atoms with Gasteiger partial charge in [0.05, 0.1) is 28.9 Å². The molecule has 1 aromatic heterocycles. The zero-order chi connectivity index (χ0) is 23.8. The van der Waals surface area contributed by atoms with E-state index in [4.69, 9.17) is 9.47 Å². The average Bonchev–Trinajstić information content (AvgIpc) is 3.15. The first-order chi connectivity index (χ1) is 15.7. The van der Waals surface area contributed by atoms with Crippen LogP contribution in [0, 0.1) is 0 Å². The zero-order valence-electron chi connectivity index (χ0n) is 19.0. The van der Waals surface area contributed by atoms with E-state index in [2.05, 4.69) is 4.99 Å². The largest absolute Gasteiger partial charge is 0.495 e. The number of thiazole rings is 1.